The Kier molecular flexibility index (Phi) is 6.49. The number of aromatic amines is 1. The van der Waals surface area contributed by atoms with E-state index in [-0.39, 0.29) is 5.56 Å². The smallest absolute Gasteiger partial charge is 0.261 e. The van der Waals surface area contributed by atoms with Crippen LogP contribution >= 0.6 is 35.0 Å². The summed E-state index contributed by atoms with van der Waals surface area (Å²) in [7, 11) is 0. The molecule has 0 spiro atoms. The molecule has 2 aromatic heterocycles. The molecule has 172 valence electrons. The van der Waals surface area contributed by atoms with Gasteiger partial charge in [0.2, 0.25) is 0 Å². The lowest BCUT2D eigenvalue weighted by Gasteiger charge is -2.31. The minimum Gasteiger partial charge on any atom is -0.301 e. The van der Waals surface area contributed by atoms with Crippen LogP contribution in [0.1, 0.15) is 23.7 Å². The number of nitrogens with one attached hydrogen (secondary N) is 1. The van der Waals surface area contributed by atoms with Gasteiger partial charge < -0.3 is 4.98 Å². The van der Waals surface area contributed by atoms with Crippen molar-refractivity contribution < 1.29 is 0 Å². The summed E-state index contributed by atoms with van der Waals surface area (Å²) in [6, 6.07) is 15.4. The molecule has 8 heteroatoms. The van der Waals surface area contributed by atoms with Crippen LogP contribution in [0.4, 0.5) is 0 Å². The third-order valence-electron chi connectivity index (χ3n) is 6.00. The van der Waals surface area contributed by atoms with Crippen molar-refractivity contribution in [1.82, 2.24) is 19.9 Å². The summed E-state index contributed by atoms with van der Waals surface area (Å²) in [6.45, 7) is 4.45. The Labute approximate surface area is 211 Å². The SMILES string of the molecule is CCN1C/C(=C\c2ccc(Cl)cc2)c2nc3nc(SC)[nH]c(=O)c3c(-c3ccc(Cl)cc3)c2C1. The molecule has 1 aliphatic rings. The van der Waals surface area contributed by atoms with Gasteiger partial charge >= 0.3 is 0 Å². The van der Waals surface area contributed by atoms with Crippen LogP contribution in [-0.2, 0) is 6.54 Å². The zero-order valence-electron chi connectivity index (χ0n) is 18.7. The fourth-order valence-corrected chi connectivity index (χ4v) is 4.96. The summed E-state index contributed by atoms with van der Waals surface area (Å²) in [5, 5.41) is 2.39. The van der Waals surface area contributed by atoms with Gasteiger partial charge in [0.15, 0.2) is 10.8 Å². The van der Waals surface area contributed by atoms with Crippen molar-refractivity contribution in [2.24, 2.45) is 0 Å². The second kappa shape index (κ2) is 9.55. The molecule has 1 aliphatic heterocycles. The van der Waals surface area contributed by atoms with Crippen molar-refractivity contribution in [1.29, 1.82) is 0 Å². The Bertz CT molecular complexity index is 1460. The highest BCUT2D eigenvalue weighted by molar-refractivity contribution is 7.98. The van der Waals surface area contributed by atoms with Gasteiger partial charge in [-0.1, -0.05) is 66.2 Å². The Balaban J connectivity index is 1.85. The molecule has 0 aliphatic carbocycles. The topological polar surface area (TPSA) is 61.9 Å². The number of fused-ring (bicyclic) bond motifs is 2. The van der Waals surface area contributed by atoms with Gasteiger partial charge in [-0.25, -0.2) is 9.97 Å². The molecule has 5 nitrogen and oxygen atoms in total. The largest absolute Gasteiger partial charge is 0.301 e. The third kappa shape index (κ3) is 4.39. The minimum absolute atomic E-state index is 0.188. The average Bonchev–Trinajstić information content (AvgIpc) is 2.84. The lowest BCUT2D eigenvalue weighted by atomic mass is 9.89. The van der Waals surface area contributed by atoms with E-state index >= 15 is 0 Å². The fraction of sp³-hybridized carbons (Fsp3) is 0.192. The lowest BCUT2D eigenvalue weighted by molar-refractivity contribution is 0.307. The number of hydrogen-bond acceptors (Lipinski definition) is 5. The highest BCUT2D eigenvalue weighted by Crippen LogP contribution is 2.38. The van der Waals surface area contributed by atoms with Crippen LogP contribution in [0.15, 0.2) is 58.5 Å². The molecule has 34 heavy (non-hydrogen) atoms. The van der Waals surface area contributed by atoms with Crippen LogP contribution in [0.2, 0.25) is 10.0 Å². The standard InChI is InChI=1S/C26H22Cl2N4OS/c1-3-32-13-17(12-15-4-8-18(27)9-5-15)23-20(14-32)21(16-6-10-19(28)11-7-16)22-24(29-23)30-26(34-2)31-25(22)33/h4-12H,3,13-14H2,1-2H3,(H,29,30,31,33)/b17-12+. The maximum absolute atomic E-state index is 13.2. The Morgan fingerprint density at radius 2 is 1.71 bits per heavy atom. The molecule has 0 radical (unpaired) electrons. The normalized spacial score (nSPS) is 15.1. The Morgan fingerprint density at radius 1 is 1.03 bits per heavy atom. The summed E-state index contributed by atoms with van der Waals surface area (Å²) in [5.41, 5.74) is 6.06. The highest BCUT2D eigenvalue weighted by Gasteiger charge is 2.27. The molecule has 2 aromatic carbocycles. The number of rotatable bonds is 4. The van der Waals surface area contributed by atoms with E-state index in [1.807, 2.05) is 54.8 Å². The van der Waals surface area contributed by atoms with Gasteiger partial charge in [0.25, 0.3) is 5.56 Å². The second-order valence-electron chi connectivity index (χ2n) is 8.12. The maximum atomic E-state index is 13.2. The van der Waals surface area contributed by atoms with Gasteiger partial charge in [-0.2, -0.15) is 0 Å². The number of nitrogens with zero attached hydrogens (tertiary/aromatic N) is 3. The zero-order chi connectivity index (χ0) is 23.8. The van der Waals surface area contributed by atoms with Crippen molar-refractivity contribution in [3.8, 4) is 11.1 Å². The number of aromatic nitrogens is 3. The van der Waals surface area contributed by atoms with Gasteiger partial charge in [-0.3, -0.25) is 9.69 Å². The molecular formula is C26H22Cl2N4OS. The van der Waals surface area contributed by atoms with E-state index in [0.717, 1.165) is 46.6 Å². The molecule has 5 rings (SSSR count). The van der Waals surface area contributed by atoms with Gasteiger partial charge in [0, 0.05) is 34.3 Å². The number of hydrogen-bond donors (Lipinski definition) is 1. The predicted octanol–water partition coefficient (Wildman–Crippen LogP) is 6.39. The molecule has 0 bridgehead atoms. The lowest BCUT2D eigenvalue weighted by Crippen LogP contribution is -2.31. The van der Waals surface area contributed by atoms with Gasteiger partial charge in [0.05, 0.1) is 11.1 Å². The number of pyridine rings is 1. The van der Waals surface area contributed by atoms with E-state index in [2.05, 4.69) is 27.9 Å². The molecule has 0 saturated carbocycles. The zero-order valence-corrected chi connectivity index (χ0v) is 21.1. The van der Waals surface area contributed by atoms with Crippen LogP contribution in [0.5, 0.6) is 0 Å². The van der Waals surface area contributed by atoms with E-state index < -0.39 is 0 Å². The predicted molar refractivity (Wildman–Crippen MR) is 143 cm³/mol. The van der Waals surface area contributed by atoms with Gasteiger partial charge in [0.1, 0.15) is 0 Å². The fourth-order valence-electron chi connectivity index (χ4n) is 4.33. The first-order valence-electron chi connectivity index (χ1n) is 10.9. The van der Waals surface area contributed by atoms with Crippen molar-refractivity contribution in [2.45, 2.75) is 18.6 Å². The first-order chi connectivity index (χ1) is 16.5. The van der Waals surface area contributed by atoms with Gasteiger partial charge in [-0.15, -0.1) is 0 Å². The van der Waals surface area contributed by atoms with Crippen LogP contribution in [-0.4, -0.2) is 39.2 Å². The van der Waals surface area contributed by atoms with E-state index in [1.54, 1.807) is 0 Å². The molecule has 0 saturated heterocycles. The second-order valence-corrected chi connectivity index (χ2v) is 9.79. The van der Waals surface area contributed by atoms with Crippen LogP contribution in [0.25, 0.3) is 33.8 Å². The summed E-state index contributed by atoms with van der Waals surface area (Å²) in [4.78, 5) is 28.1. The Hall–Kier alpha value is -2.64. The quantitative estimate of drug-likeness (QED) is 0.255. The number of likely N-dealkylation sites (N-methyl/N-ethyl adjacent to an activating group) is 1. The van der Waals surface area contributed by atoms with Gasteiger partial charge in [-0.05, 0) is 59.8 Å². The molecule has 0 atom stereocenters. The first kappa shape index (κ1) is 23.1. The van der Waals surface area contributed by atoms with Crippen LogP contribution in [0.3, 0.4) is 0 Å². The van der Waals surface area contributed by atoms with Crippen molar-refractivity contribution in [2.75, 3.05) is 19.3 Å². The maximum Gasteiger partial charge on any atom is 0.261 e. The molecule has 1 N–H and O–H groups in total. The molecule has 0 amide bonds. The molecule has 0 fully saturated rings. The summed E-state index contributed by atoms with van der Waals surface area (Å²) in [6.07, 6.45) is 4.03. The summed E-state index contributed by atoms with van der Waals surface area (Å²) in [5.74, 6) is 0. The van der Waals surface area contributed by atoms with Crippen LogP contribution in [0, 0.1) is 0 Å². The van der Waals surface area contributed by atoms with Crippen molar-refractivity contribution in [3.63, 3.8) is 0 Å². The van der Waals surface area contributed by atoms with Crippen molar-refractivity contribution in [3.05, 3.63) is 85.8 Å². The molecule has 3 heterocycles. The van der Waals surface area contributed by atoms with Crippen molar-refractivity contribution >= 4 is 57.6 Å². The number of H-pyrrole nitrogens is 1. The van der Waals surface area contributed by atoms with E-state index in [9.17, 15) is 4.79 Å². The monoisotopic (exact) mass is 508 g/mol. The summed E-state index contributed by atoms with van der Waals surface area (Å²) < 4.78 is 0. The third-order valence-corrected chi connectivity index (χ3v) is 7.08. The number of halogens is 2. The van der Waals surface area contributed by atoms with E-state index in [4.69, 9.17) is 28.2 Å². The highest BCUT2D eigenvalue weighted by atomic mass is 35.5. The molecular weight excluding hydrogens is 487 g/mol. The Morgan fingerprint density at radius 3 is 2.35 bits per heavy atom. The molecule has 4 aromatic rings. The minimum atomic E-state index is -0.188. The van der Waals surface area contributed by atoms with Crippen LogP contribution < -0.4 is 5.56 Å². The average molecular weight is 509 g/mol. The molecule has 0 unspecified atom stereocenters. The van der Waals surface area contributed by atoms with E-state index in [1.165, 1.54) is 11.8 Å². The van der Waals surface area contributed by atoms with E-state index in [0.29, 0.717) is 32.8 Å². The summed E-state index contributed by atoms with van der Waals surface area (Å²) >= 11 is 13.7. The number of benzene rings is 2. The number of thioether (sulfide) groups is 1. The first-order valence-corrected chi connectivity index (χ1v) is 12.9.